The fourth-order valence-corrected chi connectivity index (χ4v) is 3.49. The van der Waals surface area contributed by atoms with E-state index < -0.39 is 0 Å². The minimum atomic E-state index is 0.685. The van der Waals surface area contributed by atoms with Crippen LogP contribution in [-0.4, -0.2) is 81.9 Å². The van der Waals surface area contributed by atoms with E-state index >= 15 is 0 Å². The van der Waals surface area contributed by atoms with Crippen LogP contribution >= 0.6 is 0 Å². The average Bonchev–Trinajstić information content (AvgIpc) is 2.68. The van der Waals surface area contributed by atoms with Gasteiger partial charge in [0.25, 0.3) is 0 Å². The molecule has 148 valence electrons. The van der Waals surface area contributed by atoms with Crippen LogP contribution in [-0.2, 0) is 11.2 Å². The van der Waals surface area contributed by atoms with Gasteiger partial charge < -0.3 is 26.0 Å². The monoisotopic (exact) mass is 372 g/mol. The van der Waals surface area contributed by atoms with E-state index in [4.69, 9.17) is 15.5 Å². The van der Waals surface area contributed by atoms with Crippen molar-refractivity contribution in [3.8, 4) is 0 Å². The molecule has 7 heteroatoms. The first kappa shape index (κ1) is 19.7. The molecule has 0 bridgehead atoms. The molecular formula is C20H32N6O. The van der Waals surface area contributed by atoms with Crippen molar-refractivity contribution < 1.29 is 4.74 Å². The lowest BCUT2D eigenvalue weighted by molar-refractivity contribution is 0.0398. The summed E-state index contributed by atoms with van der Waals surface area (Å²) in [6, 6.07) is 6.31. The third-order valence-electron chi connectivity index (χ3n) is 5.03. The SMILES string of the molecule is CNc1nc2cccc(CCN(C)C)c2c(NCCN2CCOCC2)c1N. The van der Waals surface area contributed by atoms with Crippen molar-refractivity contribution in [3.63, 3.8) is 0 Å². The van der Waals surface area contributed by atoms with Crippen LogP contribution in [0.5, 0.6) is 0 Å². The van der Waals surface area contributed by atoms with Gasteiger partial charge in [0.05, 0.1) is 30.1 Å². The summed E-state index contributed by atoms with van der Waals surface area (Å²) in [6.07, 6.45) is 0.961. The van der Waals surface area contributed by atoms with E-state index in [1.54, 1.807) is 0 Å². The average molecular weight is 373 g/mol. The molecule has 0 amide bonds. The molecule has 1 aliphatic rings. The van der Waals surface area contributed by atoms with Crippen molar-refractivity contribution in [1.29, 1.82) is 0 Å². The molecule has 0 atom stereocenters. The smallest absolute Gasteiger partial charge is 0.151 e. The zero-order valence-corrected chi connectivity index (χ0v) is 16.7. The van der Waals surface area contributed by atoms with Crippen LogP contribution in [0.2, 0.25) is 0 Å². The summed E-state index contributed by atoms with van der Waals surface area (Å²) in [5.41, 5.74) is 10.4. The number of fused-ring (bicyclic) bond motifs is 1. The molecule has 4 N–H and O–H groups in total. The summed E-state index contributed by atoms with van der Waals surface area (Å²) in [4.78, 5) is 9.34. The third-order valence-corrected chi connectivity index (χ3v) is 5.03. The number of nitrogens with two attached hydrogens (primary N) is 1. The van der Waals surface area contributed by atoms with Gasteiger partial charge in [-0.2, -0.15) is 0 Å². The van der Waals surface area contributed by atoms with Gasteiger partial charge in [-0.1, -0.05) is 12.1 Å². The van der Waals surface area contributed by atoms with Crippen LogP contribution in [0, 0.1) is 0 Å². The number of nitrogen functional groups attached to an aromatic ring is 1. The Kier molecular flexibility index (Phi) is 6.71. The normalized spacial score (nSPS) is 15.4. The van der Waals surface area contributed by atoms with Gasteiger partial charge in [-0.15, -0.1) is 0 Å². The van der Waals surface area contributed by atoms with Crippen LogP contribution < -0.4 is 16.4 Å². The molecule has 7 nitrogen and oxygen atoms in total. The van der Waals surface area contributed by atoms with Crippen molar-refractivity contribution in [3.05, 3.63) is 23.8 Å². The Balaban J connectivity index is 1.88. The molecule has 1 aromatic heterocycles. The minimum absolute atomic E-state index is 0.685. The second-order valence-electron chi connectivity index (χ2n) is 7.24. The number of pyridine rings is 1. The van der Waals surface area contributed by atoms with Gasteiger partial charge in [-0.3, -0.25) is 4.90 Å². The van der Waals surface area contributed by atoms with Crippen molar-refractivity contribution in [2.75, 3.05) is 83.4 Å². The van der Waals surface area contributed by atoms with E-state index in [0.29, 0.717) is 5.69 Å². The summed E-state index contributed by atoms with van der Waals surface area (Å²) in [7, 11) is 6.05. The van der Waals surface area contributed by atoms with Crippen LogP contribution in [0.4, 0.5) is 17.2 Å². The molecule has 27 heavy (non-hydrogen) atoms. The molecule has 1 fully saturated rings. The topological polar surface area (TPSA) is 78.7 Å². The van der Waals surface area contributed by atoms with E-state index in [9.17, 15) is 0 Å². The molecule has 3 rings (SSSR count). The molecule has 0 saturated carbocycles. The Hall–Kier alpha value is -2.09. The lowest BCUT2D eigenvalue weighted by Gasteiger charge is -2.27. The lowest BCUT2D eigenvalue weighted by atomic mass is 10.0. The van der Waals surface area contributed by atoms with Gasteiger partial charge in [0.15, 0.2) is 5.82 Å². The highest BCUT2D eigenvalue weighted by Crippen LogP contribution is 2.35. The molecule has 0 unspecified atom stereocenters. The highest BCUT2D eigenvalue weighted by Gasteiger charge is 2.16. The molecule has 1 saturated heterocycles. The highest BCUT2D eigenvalue weighted by molar-refractivity contribution is 6.03. The van der Waals surface area contributed by atoms with Crippen LogP contribution in [0.25, 0.3) is 10.9 Å². The van der Waals surface area contributed by atoms with E-state index in [-0.39, 0.29) is 0 Å². The second-order valence-corrected chi connectivity index (χ2v) is 7.24. The molecule has 2 aromatic rings. The van der Waals surface area contributed by atoms with E-state index in [1.165, 1.54) is 5.56 Å². The van der Waals surface area contributed by atoms with E-state index in [0.717, 1.165) is 74.8 Å². The molecule has 0 spiro atoms. The molecule has 0 aliphatic carbocycles. The van der Waals surface area contributed by atoms with E-state index in [2.05, 4.69) is 52.7 Å². The molecule has 2 heterocycles. The summed E-state index contributed by atoms with van der Waals surface area (Å²) in [6.45, 7) is 6.42. The molecule has 1 aliphatic heterocycles. The summed E-state index contributed by atoms with van der Waals surface area (Å²) in [5.74, 6) is 0.723. The fraction of sp³-hybridized carbons (Fsp3) is 0.550. The standard InChI is InChI=1S/C20H32N6O/c1-22-20-18(21)19(23-8-10-26-11-13-27-14-12-26)17-15(7-9-25(2)3)5-4-6-16(17)24-20/h4-6H,7-14,21H2,1-3H3,(H2,22,23,24). The molecule has 1 aromatic carbocycles. The maximum atomic E-state index is 6.47. The number of morpholine rings is 1. The number of rotatable bonds is 8. The highest BCUT2D eigenvalue weighted by atomic mass is 16.5. The molecular weight excluding hydrogens is 340 g/mol. The van der Waals surface area contributed by atoms with Crippen molar-refractivity contribution in [2.24, 2.45) is 0 Å². The van der Waals surface area contributed by atoms with Gasteiger partial charge in [-0.05, 0) is 32.1 Å². The lowest BCUT2D eigenvalue weighted by Crippen LogP contribution is -2.39. The first-order valence-electron chi connectivity index (χ1n) is 9.67. The van der Waals surface area contributed by atoms with E-state index in [1.807, 2.05) is 7.05 Å². The van der Waals surface area contributed by atoms with Crippen molar-refractivity contribution in [1.82, 2.24) is 14.8 Å². The quantitative estimate of drug-likeness (QED) is 0.651. The van der Waals surface area contributed by atoms with Gasteiger partial charge in [-0.25, -0.2) is 4.98 Å². The van der Waals surface area contributed by atoms with Crippen LogP contribution in [0.3, 0.4) is 0 Å². The zero-order chi connectivity index (χ0) is 19.2. The number of benzene rings is 1. The number of anilines is 3. The number of nitrogens with one attached hydrogen (secondary N) is 2. The van der Waals surface area contributed by atoms with Gasteiger partial charge in [0, 0.05) is 45.2 Å². The maximum Gasteiger partial charge on any atom is 0.151 e. The van der Waals surface area contributed by atoms with Gasteiger partial charge in [0.2, 0.25) is 0 Å². The number of nitrogens with zero attached hydrogens (tertiary/aromatic N) is 3. The minimum Gasteiger partial charge on any atom is -0.394 e. The number of ether oxygens (including phenoxy) is 1. The Labute approximate surface area is 161 Å². The number of aromatic nitrogens is 1. The summed E-state index contributed by atoms with van der Waals surface area (Å²) >= 11 is 0. The van der Waals surface area contributed by atoms with Crippen molar-refractivity contribution >= 4 is 28.1 Å². The van der Waals surface area contributed by atoms with Gasteiger partial charge in [0.1, 0.15) is 0 Å². The predicted octanol–water partition coefficient (Wildman–Crippen LogP) is 1.71. The maximum absolute atomic E-state index is 6.47. The summed E-state index contributed by atoms with van der Waals surface area (Å²) in [5, 5.41) is 7.87. The molecule has 0 radical (unpaired) electrons. The second kappa shape index (κ2) is 9.21. The largest absolute Gasteiger partial charge is 0.394 e. The third kappa shape index (κ3) is 4.80. The summed E-state index contributed by atoms with van der Waals surface area (Å²) < 4.78 is 5.43. The predicted molar refractivity (Wildman–Crippen MR) is 114 cm³/mol. The number of likely N-dealkylation sites (N-methyl/N-ethyl adjacent to an activating group) is 1. The Morgan fingerprint density at radius 3 is 2.74 bits per heavy atom. The first-order chi connectivity index (χ1) is 13.1. The van der Waals surface area contributed by atoms with Crippen LogP contribution in [0.15, 0.2) is 18.2 Å². The van der Waals surface area contributed by atoms with Crippen LogP contribution in [0.1, 0.15) is 5.56 Å². The Morgan fingerprint density at radius 1 is 1.26 bits per heavy atom. The fourth-order valence-electron chi connectivity index (χ4n) is 3.49. The van der Waals surface area contributed by atoms with Crippen molar-refractivity contribution in [2.45, 2.75) is 6.42 Å². The Morgan fingerprint density at radius 2 is 2.04 bits per heavy atom. The Bertz CT molecular complexity index is 758. The first-order valence-corrected chi connectivity index (χ1v) is 9.67. The zero-order valence-electron chi connectivity index (χ0n) is 16.7. The number of hydrogen-bond donors (Lipinski definition) is 3. The van der Waals surface area contributed by atoms with Gasteiger partial charge >= 0.3 is 0 Å². The number of hydrogen-bond acceptors (Lipinski definition) is 7.